The largest absolute Gasteiger partial charge is 0.346 e. The summed E-state index contributed by atoms with van der Waals surface area (Å²) in [4.78, 5) is 0. The Bertz CT molecular complexity index is 383. The van der Waals surface area contributed by atoms with Crippen LogP contribution in [0.4, 0.5) is 0 Å². The Balaban J connectivity index is 2.05. The molecule has 3 nitrogen and oxygen atoms in total. The molecule has 2 unspecified atom stereocenters. The number of nitriles is 1. The summed E-state index contributed by atoms with van der Waals surface area (Å²) in [5.74, 6) is 0. The van der Waals surface area contributed by atoms with Crippen LogP contribution in [0, 0.1) is 18.3 Å². The molecule has 0 saturated carbocycles. The molecule has 15 heavy (non-hydrogen) atoms. The highest BCUT2D eigenvalue weighted by atomic mass is 16.7. The van der Waals surface area contributed by atoms with Crippen LogP contribution in [0.3, 0.4) is 0 Å². The standard InChI is InChI=1S/C12H13NO2/c1-9-3-2-4-10(7-9)12-14-8-11(15-12)5-6-13/h2-4,7,11-12H,5,8H2,1H3. The van der Waals surface area contributed by atoms with Crippen molar-refractivity contribution in [1.82, 2.24) is 0 Å². The lowest BCUT2D eigenvalue weighted by atomic mass is 10.1. The molecule has 0 radical (unpaired) electrons. The van der Waals surface area contributed by atoms with Crippen molar-refractivity contribution in [2.24, 2.45) is 0 Å². The zero-order valence-electron chi connectivity index (χ0n) is 8.64. The molecule has 1 saturated heterocycles. The van der Waals surface area contributed by atoms with Gasteiger partial charge >= 0.3 is 0 Å². The van der Waals surface area contributed by atoms with Gasteiger partial charge in [0.25, 0.3) is 0 Å². The van der Waals surface area contributed by atoms with Crippen molar-refractivity contribution in [3.8, 4) is 6.07 Å². The number of aryl methyl sites for hydroxylation is 1. The Morgan fingerprint density at radius 1 is 1.53 bits per heavy atom. The van der Waals surface area contributed by atoms with Gasteiger partial charge in [0.1, 0.15) is 0 Å². The molecule has 2 atom stereocenters. The van der Waals surface area contributed by atoms with Gasteiger partial charge in [-0.1, -0.05) is 29.8 Å². The first-order valence-corrected chi connectivity index (χ1v) is 5.00. The van der Waals surface area contributed by atoms with Gasteiger partial charge in [-0.2, -0.15) is 5.26 Å². The fourth-order valence-corrected chi connectivity index (χ4v) is 1.65. The van der Waals surface area contributed by atoms with Crippen molar-refractivity contribution in [2.75, 3.05) is 6.61 Å². The van der Waals surface area contributed by atoms with Crippen molar-refractivity contribution < 1.29 is 9.47 Å². The Morgan fingerprint density at radius 3 is 3.13 bits per heavy atom. The molecule has 1 aromatic rings. The van der Waals surface area contributed by atoms with Crippen LogP contribution < -0.4 is 0 Å². The molecule has 0 spiro atoms. The van der Waals surface area contributed by atoms with E-state index in [0.29, 0.717) is 13.0 Å². The third-order valence-electron chi connectivity index (χ3n) is 2.38. The average molecular weight is 203 g/mol. The van der Waals surface area contributed by atoms with E-state index in [1.165, 1.54) is 5.56 Å². The summed E-state index contributed by atoms with van der Waals surface area (Å²) in [6.07, 6.45) is 0.00578. The van der Waals surface area contributed by atoms with E-state index >= 15 is 0 Å². The van der Waals surface area contributed by atoms with E-state index in [0.717, 1.165) is 5.56 Å². The first-order valence-electron chi connectivity index (χ1n) is 5.00. The van der Waals surface area contributed by atoms with E-state index in [9.17, 15) is 0 Å². The molecule has 1 aromatic carbocycles. The van der Waals surface area contributed by atoms with Gasteiger partial charge < -0.3 is 9.47 Å². The van der Waals surface area contributed by atoms with Crippen LogP contribution in [-0.2, 0) is 9.47 Å². The smallest absolute Gasteiger partial charge is 0.184 e. The van der Waals surface area contributed by atoms with E-state index < -0.39 is 0 Å². The second kappa shape index (κ2) is 4.43. The number of hydrogen-bond donors (Lipinski definition) is 0. The molecule has 1 aliphatic rings. The van der Waals surface area contributed by atoms with Gasteiger partial charge in [0.15, 0.2) is 6.29 Å². The van der Waals surface area contributed by atoms with E-state index in [1.807, 2.05) is 31.2 Å². The summed E-state index contributed by atoms with van der Waals surface area (Å²) in [7, 11) is 0. The minimum atomic E-state index is -0.303. The minimum Gasteiger partial charge on any atom is -0.346 e. The van der Waals surface area contributed by atoms with Crippen molar-refractivity contribution >= 4 is 0 Å². The van der Waals surface area contributed by atoms with Gasteiger partial charge in [0.05, 0.1) is 25.2 Å². The molecule has 78 valence electrons. The highest BCUT2D eigenvalue weighted by Gasteiger charge is 2.26. The van der Waals surface area contributed by atoms with Gasteiger partial charge in [-0.3, -0.25) is 0 Å². The molecule has 1 fully saturated rings. The molecule has 1 aliphatic heterocycles. The van der Waals surface area contributed by atoms with Crippen LogP contribution in [0.1, 0.15) is 23.8 Å². The minimum absolute atomic E-state index is 0.0829. The van der Waals surface area contributed by atoms with Gasteiger partial charge in [-0.15, -0.1) is 0 Å². The van der Waals surface area contributed by atoms with Crippen molar-refractivity contribution in [1.29, 1.82) is 5.26 Å². The first kappa shape index (κ1) is 10.2. The highest BCUT2D eigenvalue weighted by Crippen LogP contribution is 2.28. The summed E-state index contributed by atoms with van der Waals surface area (Å²) < 4.78 is 11.1. The Morgan fingerprint density at radius 2 is 2.40 bits per heavy atom. The molecule has 2 rings (SSSR count). The van der Waals surface area contributed by atoms with Crippen LogP contribution in [0.5, 0.6) is 0 Å². The second-order valence-corrected chi connectivity index (χ2v) is 3.70. The predicted octanol–water partition coefficient (Wildman–Crippen LogP) is 2.32. The summed E-state index contributed by atoms with van der Waals surface area (Å²) in [6, 6.07) is 10.1. The van der Waals surface area contributed by atoms with Gasteiger partial charge in [0, 0.05) is 5.56 Å². The number of hydrogen-bond acceptors (Lipinski definition) is 3. The molecular formula is C12H13NO2. The third kappa shape index (κ3) is 2.35. The molecular weight excluding hydrogens is 190 g/mol. The molecule has 0 aromatic heterocycles. The van der Waals surface area contributed by atoms with Gasteiger partial charge in [-0.05, 0) is 6.92 Å². The maximum atomic E-state index is 8.54. The molecule has 0 bridgehead atoms. The van der Waals surface area contributed by atoms with E-state index in [2.05, 4.69) is 6.07 Å². The van der Waals surface area contributed by atoms with Crippen LogP contribution in [0.25, 0.3) is 0 Å². The topological polar surface area (TPSA) is 42.2 Å². The lowest BCUT2D eigenvalue weighted by Crippen LogP contribution is -2.07. The summed E-state index contributed by atoms with van der Waals surface area (Å²) in [5, 5.41) is 8.54. The van der Waals surface area contributed by atoms with E-state index in [-0.39, 0.29) is 12.4 Å². The molecule has 0 amide bonds. The first-order chi connectivity index (χ1) is 7.29. The van der Waals surface area contributed by atoms with Crippen molar-refractivity contribution in [3.63, 3.8) is 0 Å². The summed E-state index contributed by atoms with van der Waals surface area (Å²) >= 11 is 0. The van der Waals surface area contributed by atoms with E-state index in [1.54, 1.807) is 0 Å². The Hall–Kier alpha value is -1.37. The normalized spacial score (nSPS) is 25.1. The summed E-state index contributed by atoms with van der Waals surface area (Å²) in [5.41, 5.74) is 2.21. The zero-order valence-corrected chi connectivity index (χ0v) is 8.64. The lowest BCUT2D eigenvalue weighted by molar-refractivity contribution is -0.0592. The second-order valence-electron chi connectivity index (χ2n) is 3.70. The molecule has 1 heterocycles. The Kier molecular flexibility index (Phi) is 3.00. The third-order valence-corrected chi connectivity index (χ3v) is 2.38. The SMILES string of the molecule is Cc1cccc(C2OCC(CC#N)O2)c1. The number of benzene rings is 1. The van der Waals surface area contributed by atoms with Gasteiger partial charge in [0.2, 0.25) is 0 Å². The van der Waals surface area contributed by atoms with Crippen LogP contribution in [0.2, 0.25) is 0 Å². The van der Waals surface area contributed by atoms with Crippen LogP contribution in [0.15, 0.2) is 24.3 Å². The Labute approximate surface area is 89.2 Å². The molecule has 3 heteroatoms. The van der Waals surface area contributed by atoms with E-state index in [4.69, 9.17) is 14.7 Å². The average Bonchev–Trinajstić information content (AvgIpc) is 2.67. The molecule has 0 N–H and O–H groups in total. The number of ether oxygens (including phenoxy) is 2. The number of rotatable bonds is 2. The monoisotopic (exact) mass is 203 g/mol. The maximum Gasteiger partial charge on any atom is 0.184 e. The highest BCUT2D eigenvalue weighted by molar-refractivity contribution is 5.23. The zero-order chi connectivity index (χ0) is 10.7. The quantitative estimate of drug-likeness (QED) is 0.740. The fraction of sp³-hybridized carbons (Fsp3) is 0.417. The van der Waals surface area contributed by atoms with Crippen LogP contribution in [-0.4, -0.2) is 12.7 Å². The van der Waals surface area contributed by atoms with Crippen LogP contribution >= 0.6 is 0 Å². The summed E-state index contributed by atoms with van der Waals surface area (Å²) in [6.45, 7) is 2.54. The lowest BCUT2D eigenvalue weighted by Gasteiger charge is -2.10. The predicted molar refractivity (Wildman–Crippen MR) is 55.0 cm³/mol. The number of nitrogens with zero attached hydrogens (tertiary/aromatic N) is 1. The molecule has 0 aliphatic carbocycles. The fourth-order valence-electron chi connectivity index (χ4n) is 1.65. The maximum absolute atomic E-state index is 8.54. The van der Waals surface area contributed by atoms with Crippen molar-refractivity contribution in [2.45, 2.75) is 25.7 Å². The van der Waals surface area contributed by atoms with Crippen molar-refractivity contribution in [3.05, 3.63) is 35.4 Å². The van der Waals surface area contributed by atoms with Gasteiger partial charge in [-0.25, -0.2) is 0 Å².